The van der Waals surface area contributed by atoms with Gasteiger partial charge in [0.15, 0.2) is 11.5 Å². The van der Waals surface area contributed by atoms with Gasteiger partial charge in [-0.3, -0.25) is 4.79 Å². The summed E-state index contributed by atoms with van der Waals surface area (Å²) in [4.78, 5) is 12.4. The SMILES string of the molecule is O=C(CCc1ccc2c(c1)OCO2)Nc1ccnn1Cc1ccc(Br)cc1. The largest absolute Gasteiger partial charge is 0.454 e. The van der Waals surface area contributed by atoms with Gasteiger partial charge < -0.3 is 14.8 Å². The van der Waals surface area contributed by atoms with Crippen LogP contribution in [0.5, 0.6) is 11.5 Å². The Morgan fingerprint density at radius 1 is 1.07 bits per heavy atom. The van der Waals surface area contributed by atoms with Gasteiger partial charge in [-0.15, -0.1) is 0 Å². The van der Waals surface area contributed by atoms with Gasteiger partial charge in [-0.1, -0.05) is 34.1 Å². The molecular weight excluding hydrogens is 410 g/mol. The van der Waals surface area contributed by atoms with Gasteiger partial charge in [0.1, 0.15) is 5.82 Å². The molecule has 4 rings (SSSR count). The van der Waals surface area contributed by atoms with Gasteiger partial charge in [-0.05, 0) is 41.8 Å². The standard InChI is InChI=1S/C20H18BrN3O3/c21-16-5-1-15(2-6-16)12-24-19(9-10-22-24)23-20(25)8-4-14-3-7-17-18(11-14)27-13-26-17/h1-3,5-7,9-11H,4,8,12-13H2,(H,23,25). The second-order valence-corrected chi connectivity index (χ2v) is 7.15. The summed E-state index contributed by atoms with van der Waals surface area (Å²) in [5, 5.41) is 7.25. The molecule has 1 aromatic heterocycles. The van der Waals surface area contributed by atoms with Crippen molar-refractivity contribution in [2.24, 2.45) is 0 Å². The number of benzene rings is 2. The van der Waals surface area contributed by atoms with Crippen molar-refractivity contribution in [1.29, 1.82) is 0 Å². The number of rotatable bonds is 6. The Labute approximate surface area is 165 Å². The first-order chi connectivity index (χ1) is 13.2. The number of halogens is 1. The van der Waals surface area contributed by atoms with E-state index in [2.05, 4.69) is 26.3 Å². The number of amides is 1. The fourth-order valence-corrected chi connectivity index (χ4v) is 3.15. The summed E-state index contributed by atoms with van der Waals surface area (Å²) in [6, 6.07) is 15.6. The van der Waals surface area contributed by atoms with Crippen molar-refractivity contribution >= 4 is 27.7 Å². The summed E-state index contributed by atoms with van der Waals surface area (Å²) in [6.45, 7) is 0.847. The monoisotopic (exact) mass is 427 g/mol. The van der Waals surface area contributed by atoms with Gasteiger partial charge >= 0.3 is 0 Å². The summed E-state index contributed by atoms with van der Waals surface area (Å²) < 4.78 is 13.5. The van der Waals surface area contributed by atoms with Gasteiger partial charge in [0.05, 0.1) is 12.7 Å². The molecule has 27 heavy (non-hydrogen) atoms. The molecule has 0 spiro atoms. The predicted octanol–water partition coefficient (Wildman–Crippen LogP) is 3.99. The fourth-order valence-electron chi connectivity index (χ4n) is 2.89. The van der Waals surface area contributed by atoms with Crippen molar-refractivity contribution in [3.63, 3.8) is 0 Å². The van der Waals surface area contributed by atoms with Crippen molar-refractivity contribution < 1.29 is 14.3 Å². The molecule has 7 heteroatoms. The molecular formula is C20H18BrN3O3. The van der Waals surface area contributed by atoms with Crippen LogP contribution >= 0.6 is 15.9 Å². The lowest BCUT2D eigenvalue weighted by atomic mass is 10.1. The molecule has 1 N–H and O–H groups in total. The molecule has 0 bridgehead atoms. The number of hydrogen-bond donors (Lipinski definition) is 1. The molecule has 0 saturated heterocycles. The summed E-state index contributed by atoms with van der Waals surface area (Å²) in [6.07, 6.45) is 2.69. The molecule has 6 nitrogen and oxygen atoms in total. The van der Waals surface area contributed by atoms with Gasteiger partial charge in [0, 0.05) is 17.0 Å². The number of fused-ring (bicyclic) bond motifs is 1. The van der Waals surface area contributed by atoms with Crippen molar-refractivity contribution in [3.05, 3.63) is 70.3 Å². The van der Waals surface area contributed by atoms with E-state index in [9.17, 15) is 4.79 Å². The van der Waals surface area contributed by atoms with Crippen LogP contribution in [0, 0.1) is 0 Å². The number of carbonyl (C=O) groups excluding carboxylic acids is 1. The zero-order chi connectivity index (χ0) is 18.6. The molecule has 0 radical (unpaired) electrons. The van der Waals surface area contributed by atoms with Crippen LogP contribution in [0.4, 0.5) is 5.82 Å². The Kier molecular flexibility index (Phi) is 5.11. The maximum atomic E-state index is 12.4. The highest BCUT2D eigenvalue weighted by Gasteiger charge is 2.14. The number of aromatic nitrogens is 2. The molecule has 0 saturated carbocycles. The van der Waals surface area contributed by atoms with Crippen LogP contribution in [0.25, 0.3) is 0 Å². The Morgan fingerprint density at radius 2 is 1.85 bits per heavy atom. The Bertz CT molecular complexity index is 953. The average Bonchev–Trinajstić information content (AvgIpc) is 3.31. The van der Waals surface area contributed by atoms with Crippen LogP contribution in [-0.4, -0.2) is 22.5 Å². The molecule has 2 aromatic carbocycles. The van der Waals surface area contributed by atoms with Crippen molar-refractivity contribution in [1.82, 2.24) is 9.78 Å². The highest BCUT2D eigenvalue weighted by molar-refractivity contribution is 9.10. The zero-order valence-corrected chi connectivity index (χ0v) is 16.1. The molecule has 0 fully saturated rings. The van der Waals surface area contributed by atoms with E-state index in [4.69, 9.17) is 9.47 Å². The number of anilines is 1. The minimum atomic E-state index is -0.0507. The molecule has 138 valence electrons. The third kappa shape index (κ3) is 4.31. The second kappa shape index (κ2) is 7.84. The molecule has 0 atom stereocenters. The normalized spacial score (nSPS) is 12.2. The first-order valence-corrected chi connectivity index (χ1v) is 9.41. The van der Waals surface area contributed by atoms with E-state index in [1.54, 1.807) is 16.9 Å². The predicted molar refractivity (Wildman–Crippen MR) is 105 cm³/mol. The van der Waals surface area contributed by atoms with E-state index < -0.39 is 0 Å². The van der Waals surface area contributed by atoms with E-state index in [0.29, 0.717) is 25.2 Å². The molecule has 3 aromatic rings. The van der Waals surface area contributed by atoms with Crippen LogP contribution in [0.15, 0.2) is 59.2 Å². The molecule has 0 aliphatic carbocycles. The topological polar surface area (TPSA) is 65.4 Å². The van der Waals surface area contributed by atoms with Crippen molar-refractivity contribution in [2.75, 3.05) is 12.1 Å². The van der Waals surface area contributed by atoms with Gasteiger partial charge in [-0.2, -0.15) is 5.10 Å². The number of carbonyl (C=O) groups is 1. The average molecular weight is 428 g/mol. The van der Waals surface area contributed by atoms with E-state index in [-0.39, 0.29) is 12.7 Å². The molecule has 0 unspecified atom stereocenters. The molecule has 1 aliphatic heterocycles. The minimum absolute atomic E-state index is 0.0507. The minimum Gasteiger partial charge on any atom is -0.454 e. The van der Waals surface area contributed by atoms with Crippen LogP contribution in [0.1, 0.15) is 17.5 Å². The lowest BCUT2D eigenvalue weighted by Gasteiger charge is -2.09. The van der Waals surface area contributed by atoms with Gasteiger partial charge in [-0.25, -0.2) is 4.68 Å². The number of aryl methyl sites for hydroxylation is 1. The number of hydrogen-bond acceptors (Lipinski definition) is 4. The first-order valence-electron chi connectivity index (χ1n) is 8.62. The first kappa shape index (κ1) is 17.6. The van der Waals surface area contributed by atoms with Crippen LogP contribution < -0.4 is 14.8 Å². The van der Waals surface area contributed by atoms with Crippen LogP contribution in [-0.2, 0) is 17.8 Å². The molecule has 1 aliphatic rings. The van der Waals surface area contributed by atoms with Crippen molar-refractivity contribution in [2.45, 2.75) is 19.4 Å². The summed E-state index contributed by atoms with van der Waals surface area (Å²) in [5.41, 5.74) is 2.15. The van der Waals surface area contributed by atoms with E-state index in [1.807, 2.05) is 42.5 Å². The molecule has 1 amide bonds. The number of nitrogens with zero attached hydrogens (tertiary/aromatic N) is 2. The molecule has 2 heterocycles. The summed E-state index contributed by atoms with van der Waals surface area (Å²) in [5.74, 6) is 2.12. The van der Waals surface area contributed by atoms with E-state index in [1.165, 1.54) is 0 Å². The van der Waals surface area contributed by atoms with E-state index >= 15 is 0 Å². The van der Waals surface area contributed by atoms with Crippen LogP contribution in [0.3, 0.4) is 0 Å². The van der Waals surface area contributed by atoms with E-state index in [0.717, 1.165) is 27.1 Å². The Hall–Kier alpha value is -2.80. The highest BCUT2D eigenvalue weighted by Crippen LogP contribution is 2.32. The van der Waals surface area contributed by atoms with Gasteiger partial charge in [0.25, 0.3) is 0 Å². The maximum absolute atomic E-state index is 12.4. The lowest BCUT2D eigenvalue weighted by molar-refractivity contribution is -0.116. The third-order valence-corrected chi connectivity index (χ3v) is 4.84. The number of ether oxygens (including phenoxy) is 2. The quantitative estimate of drug-likeness (QED) is 0.645. The Balaban J connectivity index is 1.34. The lowest BCUT2D eigenvalue weighted by Crippen LogP contribution is -2.16. The maximum Gasteiger partial charge on any atom is 0.231 e. The van der Waals surface area contributed by atoms with Gasteiger partial charge in [0.2, 0.25) is 12.7 Å². The van der Waals surface area contributed by atoms with Crippen LogP contribution in [0.2, 0.25) is 0 Å². The zero-order valence-electron chi connectivity index (χ0n) is 14.5. The fraction of sp³-hybridized carbons (Fsp3) is 0.200. The van der Waals surface area contributed by atoms with Crippen molar-refractivity contribution in [3.8, 4) is 11.5 Å². The third-order valence-electron chi connectivity index (χ3n) is 4.31. The smallest absolute Gasteiger partial charge is 0.231 e. The second-order valence-electron chi connectivity index (χ2n) is 6.24. The highest BCUT2D eigenvalue weighted by atomic mass is 79.9. The number of nitrogens with one attached hydrogen (secondary N) is 1. The Morgan fingerprint density at radius 3 is 2.70 bits per heavy atom. The summed E-state index contributed by atoms with van der Waals surface area (Å²) in [7, 11) is 0. The summed E-state index contributed by atoms with van der Waals surface area (Å²) >= 11 is 3.43.